The largest absolute Gasteiger partial charge is 0.328 e. The van der Waals surface area contributed by atoms with Crippen LogP contribution in [0.5, 0.6) is 0 Å². The van der Waals surface area contributed by atoms with Crippen LogP contribution in [-0.4, -0.2) is 31.0 Å². The first-order valence-electron chi connectivity index (χ1n) is 8.03. The molecule has 1 unspecified atom stereocenters. The summed E-state index contributed by atoms with van der Waals surface area (Å²) in [4.78, 5) is 16.7. The van der Waals surface area contributed by atoms with Crippen LogP contribution in [0.1, 0.15) is 55.8 Å². The van der Waals surface area contributed by atoms with E-state index >= 15 is 0 Å². The van der Waals surface area contributed by atoms with Gasteiger partial charge in [0.05, 0.1) is 6.04 Å². The second kappa shape index (κ2) is 7.03. The van der Waals surface area contributed by atoms with E-state index < -0.39 is 0 Å². The Morgan fingerprint density at radius 1 is 1.39 bits per heavy atom. The van der Waals surface area contributed by atoms with E-state index in [4.69, 9.17) is 0 Å². The Balaban J connectivity index is 1.63. The molecule has 2 N–H and O–H groups in total. The minimum Gasteiger partial charge on any atom is -0.328 e. The van der Waals surface area contributed by atoms with Crippen LogP contribution in [0.3, 0.4) is 0 Å². The number of nitrogens with one attached hydrogen (secondary N) is 2. The number of aromatic nitrogens is 5. The lowest BCUT2D eigenvalue weighted by Gasteiger charge is -2.22. The van der Waals surface area contributed by atoms with Crippen LogP contribution < -0.4 is 10.6 Å². The highest BCUT2D eigenvalue weighted by Gasteiger charge is 2.25. The highest BCUT2D eigenvalue weighted by Crippen LogP contribution is 2.23. The van der Waals surface area contributed by atoms with Crippen molar-refractivity contribution in [2.45, 2.75) is 58.5 Å². The maximum absolute atomic E-state index is 12.2. The third-order valence-electron chi connectivity index (χ3n) is 3.69. The third-order valence-corrected chi connectivity index (χ3v) is 4.59. The predicted octanol–water partition coefficient (Wildman–Crippen LogP) is 2.30. The number of carbonyl (C=O) groups excluding carboxylic acids is 1. The van der Waals surface area contributed by atoms with Gasteiger partial charge in [-0.05, 0) is 19.3 Å². The second-order valence-corrected chi connectivity index (χ2v) is 6.57. The van der Waals surface area contributed by atoms with E-state index in [9.17, 15) is 4.79 Å². The van der Waals surface area contributed by atoms with Gasteiger partial charge in [0.25, 0.3) is 0 Å². The Kier molecular flexibility index (Phi) is 4.85. The molecule has 1 aliphatic rings. The Bertz CT molecular complexity index is 680. The maximum atomic E-state index is 12.2. The topological polar surface area (TPSA) is 97.6 Å². The maximum Gasteiger partial charge on any atom is 0.321 e. The lowest BCUT2D eigenvalue weighted by atomic mass is 10.1. The Morgan fingerprint density at radius 2 is 2.26 bits per heavy atom. The summed E-state index contributed by atoms with van der Waals surface area (Å²) in [6, 6.07) is -0.386. The molecule has 0 fully saturated rings. The molecule has 1 aliphatic heterocycles. The lowest BCUT2D eigenvalue weighted by Crippen LogP contribution is -2.36. The molecule has 0 aromatic carbocycles. The Labute approximate surface area is 138 Å². The normalized spacial score (nSPS) is 16.9. The summed E-state index contributed by atoms with van der Waals surface area (Å²) < 4.78 is 1.90. The van der Waals surface area contributed by atoms with Gasteiger partial charge in [-0.15, -0.1) is 10.2 Å². The molecule has 0 saturated heterocycles. The fourth-order valence-electron chi connectivity index (χ4n) is 2.60. The van der Waals surface area contributed by atoms with Crippen LogP contribution in [-0.2, 0) is 19.4 Å². The molecular weight excluding hydrogens is 314 g/mol. The molecule has 0 bridgehead atoms. The fraction of sp³-hybridized carbons (Fsp3) is 0.643. The van der Waals surface area contributed by atoms with E-state index in [1.54, 1.807) is 0 Å². The third kappa shape index (κ3) is 3.66. The molecule has 0 saturated carbocycles. The minimum atomic E-state index is -0.274. The summed E-state index contributed by atoms with van der Waals surface area (Å²) in [5.41, 5.74) is 0. The van der Waals surface area contributed by atoms with Crippen LogP contribution in [0.2, 0.25) is 0 Å². The van der Waals surface area contributed by atoms with Gasteiger partial charge >= 0.3 is 6.03 Å². The molecule has 3 heterocycles. The number of rotatable bonds is 5. The fourth-order valence-corrected chi connectivity index (χ4v) is 3.43. The first kappa shape index (κ1) is 15.9. The van der Waals surface area contributed by atoms with Crippen LogP contribution in [0.25, 0.3) is 0 Å². The highest BCUT2D eigenvalue weighted by atomic mass is 32.1. The number of aryl methyl sites for hydroxylation is 3. The molecule has 3 rings (SSSR count). The van der Waals surface area contributed by atoms with Crippen molar-refractivity contribution in [3.63, 3.8) is 0 Å². The van der Waals surface area contributed by atoms with Gasteiger partial charge in [0.15, 0.2) is 5.82 Å². The van der Waals surface area contributed by atoms with E-state index in [0.717, 1.165) is 55.3 Å². The smallest absolute Gasteiger partial charge is 0.321 e. The second-order valence-electron chi connectivity index (χ2n) is 5.51. The Morgan fingerprint density at radius 3 is 3.04 bits per heavy atom. The van der Waals surface area contributed by atoms with Crippen molar-refractivity contribution in [3.05, 3.63) is 16.7 Å². The highest BCUT2D eigenvalue weighted by molar-refractivity contribution is 7.15. The van der Waals surface area contributed by atoms with E-state index in [0.29, 0.717) is 5.13 Å². The summed E-state index contributed by atoms with van der Waals surface area (Å²) in [6.45, 7) is 4.98. The first-order valence-corrected chi connectivity index (χ1v) is 8.84. The van der Waals surface area contributed by atoms with Crippen molar-refractivity contribution in [3.8, 4) is 0 Å². The number of hydrogen-bond acceptors (Lipinski definition) is 6. The number of amides is 2. The lowest BCUT2D eigenvalue weighted by molar-refractivity contribution is 0.244. The molecule has 2 aromatic rings. The molecule has 2 aromatic heterocycles. The molecule has 1 atom stereocenters. The summed E-state index contributed by atoms with van der Waals surface area (Å²) >= 11 is 1.41. The molecule has 0 aliphatic carbocycles. The standard InChI is InChI=1S/C14H21N7OS/c1-3-6-11-18-19-14(23-11)17-13(22)15-9-7-5-8-21-12(9)16-10(4-2)20-21/h9H,3-8H2,1-2H3,(H2,15,17,19,22). The summed E-state index contributed by atoms with van der Waals surface area (Å²) in [6.07, 6.45) is 4.53. The summed E-state index contributed by atoms with van der Waals surface area (Å²) in [5.74, 6) is 1.66. The van der Waals surface area contributed by atoms with Gasteiger partial charge in [0, 0.05) is 19.4 Å². The van der Waals surface area contributed by atoms with Gasteiger partial charge in [-0.25, -0.2) is 14.5 Å². The molecular formula is C14H21N7OS. The van der Waals surface area contributed by atoms with Crippen molar-refractivity contribution in [2.24, 2.45) is 0 Å². The average molecular weight is 335 g/mol. The number of hydrogen-bond donors (Lipinski definition) is 2. The first-order chi connectivity index (χ1) is 11.2. The van der Waals surface area contributed by atoms with Crippen molar-refractivity contribution in [1.82, 2.24) is 30.3 Å². The predicted molar refractivity (Wildman–Crippen MR) is 87.4 cm³/mol. The zero-order valence-electron chi connectivity index (χ0n) is 13.4. The zero-order valence-corrected chi connectivity index (χ0v) is 14.2. The van der Waals surface area contributed by atoms with Crippen LogP contribution in [0.4, 0.5) is 9.93 Å². The Hall–Kier alpha value is -2.03. The van der Waals surface area contributed by atoms with Crippen LogP contribution in [0.15, 0.2) is 0 Å². The quantitative estimate of drug-likeness (QED) is 0.874. The zero-order chi connectivity index (χ0) is 16.2. The molecule has 23 heavy (non-hydrogen) atoms. The number of anilines is 1. The van der Waals surface area contributed by atoms with Crippen molar-refractivity contribution >= 4 is 22.5 Å². The SMILES string of the molecule is CCCc1nnc(NC(=O)NC2CCCn3nc(CC)nc32)s1. The van der Waals surface area contributed by atoms with E-state index in [-0.39, 0.29) is 12.1 Å². The minimum absolute atomic E-state index is 0.111. The van der Waals surface area contributed by atoms with Crippen molar-refractivity contribution < 1.29 is 4.79 Å². The van der Waals surface area contributed by atoms with Gasteiger partial charge < -0.3 is 5.32 Å². The van der Waals surface area contributed by atoms with E-state index in [1.807, 2.05) is 11.6 Å². The number of nitrogens with zero attached hydrogens (tertiary/aromatic N) is 5. The van der Waals surface area contributed by atoms with Crippen LogP contribution in [0, 0.1) is 0 Å². The summed E-state index contributed by atoms with van der Waals surface area (Å²) in [5, 5.41) is 19.7. The van der Waals surface area contributed by atoms with E-state index in [1.165, 1.54) is 11.3 Å². The summed E-state index contributed by atoms with van der Waals surface area (Å²) in [7, 11) is 0. The molecule has 0 radical (unpaired) electrons. The van der Waals surface area contributed by atoms with Crippen LogP contribution >= 0.6 is 11.3 Å². The average Bonchev–Trinajstić information content (AvgIpc) is 3.14. The number of urea groups is 1. The molecule has 124 valence electrons. The number of carbonyl (C=O) groups is 1. The molecule has 9 heteroatoms. The van der Waals surface area contributed by atoms with Gasteiger partial charge in [-0.3, -0.25) is 5.32 Å². The van der Waals surface area contributed by atoms with Gasteiger partial charge in [0.1, 0.15) is 10.8 Å². The van der Waals surface area contributed by atoms with Gasteiger partial charge in [-0.1, -0.05) is 25.2 Å². The molecule has 0 spiro atoms. The van der Waals surface area contributed by atoms with Gasteiger partial charge in [0.2, 0.25) is 5.13 Å². The monoisotopic (exact) mass is 335 g/mol. The number of fused-ring (bicyclic) bond motifs is 1. The van der Waals surface area contributed by atoms with Crippen molar-refractivity contribution in [2.75, 3.05) is 5.32 Å². The molecule has 8 nitrogen and oxygen atoms in total. The van der Waals surface area contributed by atoms with Gasteiger partial charge in [-0.2, -0.15) is 5.10 Å². The van der Waals surface area contributed by atoms with E-state index in [2.05, 4.69) is 37.8 Å². The van der Waals surface area contributed by atoms with Crippen molar-refractivity contribution in [1.29, 1.82) is 0 Å². The molecule has 2 amide bonds.